The van der Waals surface area contributed by atoms with Crippen molar-refractivity contribution in [1.82, 2.24) is 0 Å². The molecule has 2 atom stereocenters. The Balaban J connectivity index is 2.09. The molecular formula is C23H26ClN2O2P. The van der Waals surface area contributed by atoms with Gasteiger partial charge in [0.05, 0.1) is 6.61 Å². The normalized spacial score (nSPS) is 14.1. The van der Waals surface area contributed by atoms with Crippen LogP contribution in [0.1, 0.15) is 18.3 Å². The van der Waals surface area contributed by atoms with Crippen LogP contribution >= 0.6 is 19.0 Å². The van der Waals surface area contributed by atoms with E-state index in [1.165, 1.54) is 0 Å². The fourth-order valence-electron chi connectivity index (χ4n) is 3.15. The summed E-state index contributed by atoms with van der Waals surface area (Å²) in [6.07, 6.45) is 0. The van der Waals surface area contributed by atoms with Gasteiger partial charge in [-0.2, -0.15) is 0 Å². The molecule has 0 unspecified atom stereocenters. The Hall–Kier alpha value is -2.26. The first kappa shape index (κ1) is 21.4. The number of para-hydroxylation sites is 1. The molecular weight excluding hydrogens is 403 g/mol. The molecule has 0 aliphatic heterocycles. The number of hydrogen-bond donors (Lipinski definition) is 1. The Kier molecular flexibility index (Phi) is 7.02. The first-order chi connectivity index (χ1) is 13.9. The second kappa shape index (κ2) is 9.49. The maximum atomic E-state index is 14.4. The van der Waals surface area contributed by atoms with Gasteiger partial charge in [-0.25, -0.2) is 0 Å². The number of nitrogens with zero attached hydrogens (tertiary/aromatic N) is 1. The van der Waals surface area contributed by atoms with Crippen molar-refractivity contribution < 1.29 is 9.09 Å². The summed E-state index contributed by atoms with van der Waals surface area (Å²) in [5.41, 5.74) is 2.76. The number of rotatable bonds is 8. The van der Waals surface area contributed by atoms with Crippen molar-refractivity contribution in [2.75, 3.05) is 30.9 Å². The van der Waals surface area contributed by atoms with Crippen LogP contribution in [0.4, 0.5) is 11.4 Å². The second-order valence-electron chi connectivity index (χ2n) is 6.89. The van der Waals surface area contributed by atoms with Crippen molar-refractivity contribution in [3.8, 4) is 0 Å². The molecule has 0 saturated heterocycles. The minimum Gasteiger partial charge on any atom is -0.378 e. The van der Waals surface area contributed by atoms with E-state index in [-0.39, 0.29) is 0 Å². The highest BCUT2D eigenvalue weighted by Gasteiger charge is 2.37. The lowest BCUT2D eigenvalue weighted by molar-refractivity contribution is 0.335. The zero-order valence-corrected chi connectivity index (χ0v) is 18.5. The smallest absolute Gasteiger partial charge is 0.258 e. The first-order valence-corrected chi connectivity index (χ1v) is 11.6. The molecule has 0 bridgehead atoms. The summed E-state index contributed by atoms with van der Waals surface area (Å²) in [5.74, 6) is -0.549. The summed E-state index contributed by atoms with van der Waals surface area (Å²) in [6, 6.07) is 24.8. The molecule has 0 saturated carbocycles. The van der Waals surface area contributed by atoms with Gasteiger partial charge in [0.2, 0.25) is 0 Å². The summed E-state index contributed by atoms with van der Waals surface area (Å²) >= 11 is 6.09. The fourth-order valence-corrected chi connectivity index (χ4v) is 5.70. The van der Waals surface area contributed by atoms with Crippen LogP contribution in [0.5, 0.6) is 0 Å². The van der Waals surface area contributed by atoms with Crippen molar-refractivity contribution >= 4 is 35.6 Å². The van der Waals surface area contributed by atoms with E-state index in [0.29, 0.717) is 16.9 Å². The van der Waals surface area contributed by atoms with Gasteiger partial charge in [-0.1, -0.05) is 41.9 Å². The minimum absolute atomic E-state index is 0.341. The van der Waals surface area contributed by atoms with Crippen LogP contribution in [0.2, 0.25) is 5.02 Å². The molecule has 152 valence electrons. The Morgan fingerprint density at radius 1 is 0.966 bits per heavy atom. The monoisotopic (exact) mass is 428 g/mol. The quantitative estimate of drug-likeness (QED) is 0.436. The summed E-state index contributed by atoms with van der Waals surface area (Å²) < 4.78 is 20.3. The van der Waals surface area contributed by atoms with Crippen molar-refractivity contribution in [3.05, 3.63) is 89.4 Å². The van der Waals surface area contributed by atoms with Crippen molar-refractivity contribution in [2.45, 2.75) is 12.7 Å². The highest BCUT2D eigenvalue weighted by Crippen LogP contribution is 2.59. The average molecular weight is 429 g/mol. The van der Waals surface area contributed by atoms with E-state index in [9.17, 15) is 4.57 Å². The topological polar surface area (TPSA) is 41.6 Å². The van der Waals surface area contributed by atoms with E-state index in [1.807, 2.05) is 105 Å². The molecule has 3 rings (SSSR count). The van der Waals surface area contributed by atoms with E-state index in [1.54, 1.807) is 0 Å². The molecule has 0 fully saturated rings. The molecule has 4 nitrogen and oxygen atoms in total. The molecule has 0 amide bonds. The van der Waals surface area contributed by atoms with Gasteiger partial charge in [0.1, 0.15) is 5.78 Å². The van der Waals surface area contributed by atoms with Gasteiger partial charge in [-0.05, 0) is 61.0 Å². The van der Waals surface area contributed by atoms with E-state index in [4.69, 9.17) is 16.1 Å². The van der Waals surface area contributed by atoms with Gasteiger partial charge in [-0.3, -0.25) is 4.57 Å². The van der Waals surface area contributed by atoms with Crippen LogP contribution in [-0.2, 0) is 9.09 Å². The maximum absolute atomic E-state index is 14.4. The van der Waals surface area contributed by atoms with Gasteiger partial charge in [0, 0.05) is 35.8 Å². The third kappa shape index (κ3) is 5.02. The summed E-state index contributed by atoms with van der Waals surface area (Å²) in [5, 5.41) is 4.74. The average Bonchev–Trinajstić information content (AvgIpc) is 2.74. The largest absolute Gasteiger partial charge is 0.378 e. The number of halogens is 1. The van der Waals surface area contributed by atoms with Crippen molar-refractivity contribution in [3.63, 3.8) is 0 Å². The molecule has 0 spiro atoms. The molecule has 3 aromatic rings. The lowest BCUT2D eigenvalue weighted by Crippen LogP contribution is -2.21. The first-order valence-electron chi connectivity index (χ1n) is 9.53. The van der Waals surface area contributed by atoms with Gasteiger partial charge < -0.3 is 14.7 Å². The van der Waals surface area contributed by atoms with E-state index < -0.39 is 13.2 Å². The van der Waals surface area contributed by atoms with E-state index >= 15 is 0 Å². The summed E-state index contributed by atoms with van der Waals surface area (Å²) in [6.45, 7) is 2.20. The van der Waals surface area contributed by atoms with Gasteiger partial charge in [0.15, 0.2) is 0 Å². The van der Waals surface area contributed by atoms with Crippen LogP contribution in [0.3, 0.4) is 0 Å². The predicted molar refractivity (Wildman–Crippen MR) is 124 cm³/mol. The SMILES string of the molecule is CCO[P@](=O)(c1ccc(N(C)C)cc1)[C@@H](Nc1ccccc1)c1ccc(Cl)cc1. The Morgan fingerprint density at radius 2 is 1.59 bits per heavy atom. The Labute approximate surface area is 177 Å². The molecule has 0 aromatic heterocycles. The third-order valence-corrected chi connectivity index (χ3v) is 7.67. The van der Waals surface area contributed by atoms with Crippen LogP contribution < -0.4 is 15.5 Å². The summed E-state index contributed by atoms with van der Waals surface area (Å²) in [7, 11) is 0.646. The lowest BCUT2D eigenvalue weighted by atomic mass is 10.2. The van der Waals surface area contributed by atoms with Crippen LogP contribution in [0.25, 0.3) is 0 Å². The second-order valence-corrected chi connectivity index (χ2v) is 9.81. The van der Waals surface area contributed by atoms with E-state index in [2.05, 4.69) is 5.32 Å². The highest BCUT2D eigenvalue weighted by molar-refractivity contribution is 7.67. The molecule has 3 aromatic carbocycles. The van der Waals surface area contributed by atoms with Crippen LogP contribution in [-0.4, -0.2) is 20.7 Å². The van der Waals surface area contributed by atoms with Crippen LogP contribution in [0, 0.1) is 0 Å². The third-order valence-electron chi connectivity index (χ3n) is 4.65. The number of nitrogens with one attached hydrogen (secondary N) is 1. The molecule has 6 heteroatoms. The molecule has 1 N–H and O–H groups in total. The maximum Gasteiger partial charge on any atom is 0.258 e. The van der Waals surface area contributed by atoms with Crippen LogP contribution in [0.15, 0.2) is 78.9 Å². The number of anilines is 2. The van der Waals surface area contributed by atoms with Gasteiger partial charge in [0.25, 0.3) is 7.37 Å². The molecule has 29 heavy (non-hydrogen) atoms. The molecule has 0 aliphatic carbocycles. The fraction of sp³-hybridized carbons (Fsp3) is 0.217. The van der Waals surface area contributed by atoms with Gasteiger partial charge in [-0.15, -0.1) is 0 Å². The van der Waals surface area contributed by atoms with Gasteiger partial charge >= 0.3 is 0 Å². The zero-order chi connectivity index (χ0) is 20.9. The van der Waals surface area contributed by atoms with E-state index in [0.717, 1.165) is 16.9 Å². The zero-order valence-electron chi connectivity index (χ0n) is 16.9. The summed E-state index contributed by atoms with van der Waals surface area (Å²) in [4.78, 5) is 2.01. The number of hydrogen-bond acceptors (Lipinski definition) is 4. The van der Waals surface area contributed by atoms with Crippen molar-refractivity contribution in [1.29, 1.82) is 0 Å². The Morgan fingerprint density at radius 3 is 2.14 bits per heavy atom. The minimum atomic E-state index is -3.31. The molecule has 0 radical (unpaired) electrons. The lowest BCUT2D eigenvalue weighted by Gasteiger charge is -2.30. The molecule has 0 aliphatic rings. The Bertz CT molecular complexity index is 960. The molecule has 0 heterocycles. The highest BCUT2D eigenvalue weighted by atomic mass is 35.5. The number of benzene rings is 3. The predicted octanol–water partition coefficient (Wildman–Crippen LogP) is 6.16. The standard InChI is InChI=1S/C23H26ClN2O2P/c1-4-28-29(27,22-16-14-21(15-17-22)26(2)3)23(18-10-12-19(24)13-11-18)25-20-8-6-5-7-9-20/h5-17,23,25H,4H2,1-3H3/t23-,29-/m1/s1. The van der Waals surface area contributed by atoms with Crippen molar-refractivity contribution in [2.24, 2.45) is 0 Å².